The minimum atomic E-state index is -1.05. The van der Waals surface area contributed by atoms with Gasteiger partial charge in [0.2, 0.25) is 0 Å². The molecule has 5 nitrogen and oxygen atoms in total. The van der Waals surface area contributed by atoms with Crippen LogP contribution >= 0.6 is 0 Å². The summed E-state index contributed by atoms with van der Waals surface area (Å²) in [6.45, 7) is -0.317. The predicted octanol–water partition coefficient (Wildman–Crippen LogP) is 0.220. The molecule has 0 aromatic carbocycles. The summed E-state index contributed by atoms with van der Waals surface area (Å²) in [5, 5.41) is 8.61. The summed E-state index contributed by atoms with van der Waals surface area (Å²) in [5.41, 5.74) is 0. The van der Waals surface area contributed by atoms with Crippen molar-refractivity contribution in [1.29, 1.82) is 0 Å². The van der Waals surface area contributed by atoms with Crippen LogP contribution in [0.2, 0.25) is 0 Å². The SMILES string of the molecule is C#CCN(CC(=O)O)C(=O)N(C)C1CC1. The van der Waals surface area contributed by atoms with Crippen LogP contribution in [0.3, 0.4) is 0 Å². The molecule has 0 bridgehead atoms. The van der Waals surface area contributed by atoms with Crippen molar-refractivity contribution in [3.05, 3.63) is 0 Å². The van der Waals surface area contributed by atoms with E-state index in [1.807, 2.05) is 0 Å². The number of amides is 2. The highest BCUT2D eigenvalue weighted by atomic mass is 16.4. The zero-order valence-corrected chi connectivity index (χ0v) is 8.64. The van der Waals surface area contributed by atoms with Gasteiger partial charge in [-0.1, -0.05) is 5.92 Å². The molecule has 0 atom stereocenters. The van der Waals surface area contributed by atoms with Crippen LogP contribution in [0.1, 0.15) is 12.8 Å². The third-order valence-corrected chi connectivity index (χ3v) is 2.28. The molecule has 82 valence electrons. The van der Waals surface area contributed by atoms with Gasteiger partial charge in [-0.3, -0.25) is 4.79 Å². The zero-order chi connectivity index (χ0) is 11.4. The van der Waals surface area contributed by atoms with E-state index in [1.54, 1.807) is 11.9 Å². The lowest BCUT2D eigenvalue weighted by Crippen LogP contribution is -2.44. The molecule has 15 heavy (non-hydrogen) atoms. The van der Waals surface area contributed by atoms with Gasteiger partial charge in [-0.2, -0.15) is 0 Å². The fraction of sp³-hybridized carbons (Fsp3) is 0.600. The van der Waals surface area contributed by atoms with Gasteiger partial charge in [0.15, 0.2) is 0 Å². The molecule has 0 aliphatic heterocycles. The Morgan fingerprint density at radius 3 is 2.53 bits per heavy atom. The van der Waals surface area contributed by atoms with E-state index in [0.717, 1.165) is 17.7 Å². The molecule has 0 radical (unpaired) electrons. The number of urea groups is 1. The standard InChI is InChI=1S/C10H14N2O3/c1-3-6-12(7-9(13)14)10(15)11(2)8-4-5-8/h1,8H,4-7H2,2H3,(H,13,14). The van der Waals surface area contributed by atoms with Crippen molar-refractivity contribution in [3.63, 3.8) is 0 Å². The number of aliphatic carboxylic acids is 1. The summed E-state index contributed by atoms with van der Waals surface area (Å²) in [7, 11) is 1.67. The molecule has 2 amide bonds. The van der Waals surface area contributed by atoms with Gasteiger partial charge in [0.1, 0.15) is 6.54 Å². The molecule has 1 N–H and O–H groups in total. The van der Waals surface area contributed by atoms with E-state index in [0.29, 0.717) is 0 Å². The van der Waals surface area contributed by atoms with E-state index in [-0.39, 0.29) is 25.2 Å². The van der Waals surface area contributed by atoms with E-state index in [2.05, 4.69) is 5.92 Å². The van der Waals surface area contributed by atoms with Crippen LogP contribution in [0, 0.1) is 12.3 Å². The molecule has 1 fully saturated rings. The first kappa shape index (κ1) is 11.4. The Bertz CT molecular complexity index is 304. The molecular weight excluding hydrogens is 196 g/mol. The monoisotopic (exact) mass is 210 g/mol. The Balaban J connectivity index is 2.57. The average Bonchev–Trinajstić information content (AvgIpc) is 2.97. The Hall–Kier alpha value is -1.70. The Labute approximate surface area is 88.7 Å². The first-order chi connectivity index (χ1) is 7.06. The predicted molar refractivity (Wildman–Crippen MR) is 54.2 cm³/mol. The maximum atomic E-state index is 11.7. The maximum Gasteiger partial charge on any atom is 0.323 e. The Kier molecular flexibility index (Phi) is 3.56. The average molecular weight is 210 g/mol. The molecule has 0 aromatic heterocycles. The van der Waals surface area contributed by atoms with Gasteiger partial charge in [0, 0.05) is 13.1 Å². The molecule has 0 heterocycles. The van der Waals surface area contributed by atoms with Crippen LogP contribution in [0.4, 0.5) is 4.79 Å². The van der Waals surface area contributed by atoms with Crippen molar-refractivity contribution in [2.24, 2.45) is 0 Å². The highest BCUT2D eigenvalue weighted by Gasteiger charge is 2.32. The lowest BCUT2D eigenvalue weighted by molar-refractivity contribution is -0.137. The Morgan fingerprint density at radius 2 is 2.13 bits per heavy atom. The first-order valence-electron chi connectivity index (χ1n) is 4.73. The number of carbonyl (C=O) groups is 2. The van der Waals surface area contributed by atoms with Gasteiger partial charge in [0.05, 0.1) is 6.54 Å². The molecule has 1 saturated carbocycles. The van der Waals surface area contributed by atoms with E-state index in [1.165, 1.54) is 0 Å². The van der Waals surface area contributed by atoms with Gasteiger partial charge < -0.3 is 14.9 Å². The smallest absolute Gasteiger partial charge is 0.323 e. The number of carbonyl (C=O) groups excluding carboxylic acids is 1. The van der Waals surface area contributed by atoms with Gasteiger partial charge in [0.25, 0.3) is 0 Å². The molecule has 5 heteroatoms. The van der Waals surface area contributed by atoms with Gasteiger partial charge in [-0.15, -0.1) is 6.42 Å². The second-order valence-corrected chi connectivity index (χ2v) is 3.58. The molecule has 1 rings (SSSR count). The number of nitrogens with zero attached hydrogens (tertiary/aromatic N) is 2. The number of rotatable bonds is 4. The summed E-state index contributed by atoms with van der Waals surface area (Å²) in [6.07, 6.45) is 7.05. The van der Waals surface area contributed by atoms with Crippen LogP contribution in [0.25, 0.3) is 0 Å². The topological polar surface area (TPSA) is 60.9 Å². The summed E-state index contributed by atoms with van der Waals surface area (Å²) >= 11 is 0. The zero-order valence-electron chi connectivity index (χ0n) is 8.64. The second-order valence-electron chi connectivity index (χ2n) is 3.58. The van der Waals surface area contributed by atoms with Gasteiger partial charge in [-0.25, -0.2) is 4.79 Å². The van der Waals surface area contributed by atoms with Crippen molar-refractivity contribution in [1.82, 2.24) is 9.80 Å². The number of carboxylic acid groups (broad SMARTS) is 1. The fourth-order valence-electron chi connectivity index (χ4n) is 1.31. The second kappa shape index (κ2) is 4.69. The van der Waals surface area contributed by atoms with E-state index < -0.39 is 5.97 Å². The summed E-state index contributed by atoms with van der Waals surface area (Å²) in [6, 6.07) is -0.0515. The minimum absolute atomic E-state index is 0.0300. The molecule has 1 aliphatic rings. The first-order valence-corrected chi connectivity index (χ1v) is 4.73. The number of hydrogen-bond donors (Lipinski definition) is 1. The number of carboxylic acids is 1. The van der Waals surface area contributed by atoms with Crippen LogP contribution in [-0.4, -0.2) is 53.1 Å². The van der Waals surface area contributed by atoms with Crippen LogP contribution in [0.5, 0.6) is 0 Å². The molecule has 0 aromatic rings. The molecule has 0 spiro atoms. The van der Waals surface area contributed by atoms with Gasteiger partial charge in [-0.05, 0) is 12.8 Å². The molecule has 0 saturated heterocycles. The summed E-state index contributed by atoms with van der Waals surface area (Å²) in [4.78, 5) is 25.0. The van der Waals surface area contributed by atoms with Crippen molar-refractivity contribution < 1.29 is 14.7 Å². The van der Waals surface area contributed by atoms with E-state index >= 15 is 0 Å². The minimum Gasteiger partial charge on any atom is -0.480 e. The summed E-state index contributed by atoms with van der Waals surface area (Å²) < 4.78 is 0. The number of terminal acetylenes is 1. The number of hydrogen-bond acceptors (Lipinski definition) is 2. The third kappa shape index (κ3) is 3.17. The molecular formula is C10H14N2O3. The van der Waals surface area contributed by atoms with Crippen molar-refractivity contribution in [2.75, 3.05) is 20.1 Å². The van der Waals surface area contributed by atoms with Crippen molar-refractivity contribution in [3.8, 4) is 12.3 Å². The highest BCUT2D eigenvalue weighted by Crippen LogP contribution is 2.26. The van der Waals surface area contributed by atoms with Crippen LogP contribution < -0.4 is 0 Å². The third-order valence-electron chi connectivity index (χ3n) is 2.28. The van der Waals surface area contributed by atoms with Crippen molar-refractivity contribution in [2.45, 2.75) is 18.9 Å². The van der Waals surface area contributed by atoms with E-state index in [4.69, 9.17) is 11.5 Å². The fourth-order valence-corrected chi connectivity index (χ4v) is 1.31. The highest BCUT2D eigenvalue weighted by molar-refractivity contribution is 5.80. The van der Waals surface area contributed by atoms with Gasteiger partial charge >= 0.3 is 12.0 Å². The lowest BCUT2D eigenvalue weighted by atomic mass is 10.4. The lowest BCUT2D eigenvalue weighted by Gasteiger charge is -2.25. The normalized spacial score (nSPS) is 14.1. The van der Waals surface area contributed by atoms with Crippen LogP contribution in [-0.2, 0) is 4.79 Å². The molecule has 0 unspecified atom stereocenters. The maximum absolute atomic E-state index is 11.7. The summed E-state index contributed by atoms with van der Waals surface area (Å²) in [5.74, 6) is 1.23. The Morgan fingerprint density at radius 1 is 1.53 bits per heavy atom. The molecule has 1 aliphatic carbocycles. The largest absolute Gasteiger partial charge is 0.480 e. The van der Waals surface area contributed by atoms with E-state index in [9.17, 15) is 9.59 Å². The quantitative estimate of drug-likeness (QED) is 0.675. The van der Waals surface area contributed by atoms with Crippen LogP contribution in [0.15, 0.2) is 0 Å². The van der Waals surface area contributed by atoms with Crippen molar-refractivity contribution >= 4 is 12.0 Å².